The van der Waals surface area contributed by atoms with Crippen LogP contribution in [0.5, 0.6) is 0 Å². The van der Waals surface area contributed by atoms with E-state index in [0.717, 1.165) is 53.8 Å². The Bertz CT molecular complexity index is 1040. The van der Waals surface area contributed by atoms with Crippen molar-refractivity contribution in [1.29, 1.82) is 0 Å². The molecule has 0 radical (unpaired) electrons. The van der Waals surface area contributed by atoms with Crippen molar-refractivity contribution >= 4 is 22.7 Å². The summed E-state index contributed by atoms with van der Waals surface area (Å²) in [5.74, 6) is 0. The van der Waals surface area contributed by atoms with E-state index < -0.39 is 0 Å². The van der Waals surface area contributed by atoms with Gasteiger partial charge in [-0.3, -0.25) is 4.40 Å². The van der Waals surface area contributed by atoms with E-state index in [4.69, 9.17) is 4.74 Å². The summed E-state index contributed by atoms with van der Waals surface area (Å²) >= 11 is 1.70. The lowest BCUT2D eigenvalue weighted by atomic mass is 10.1. The Kier molecular flexibility index (Phi) is 3.92. The number of hydrogen-bond acceptors (Lipinski definition) is 5. The number of hydrogen-bond donors (Lipinski definition) is 0. The zero-order valence-electron chi connectivity index (χ0n) is 14.2. The second-order valence-corrected chi connectivity index (χ2v) is 7.22. The minimum Gasteiger partial charge on any atom is -0.378 e. The lowest BCUT2D eigenvalue weighted by Crippen LogP contribution is -2.36. The maximum atomic E-state index is 5.47. The molecule has 4 heterocycles. The van der Waals surface area contributed by atoms with Gasteiger partial charge in [-0.15, -0.1) is 11.3 Å². The third-order valence-corrected chi connectivity index (χ3v) is 5.58. The molecule has 26 heavy (non-hydrogen) atoms. The van der Waals surface area contributed by atoms with Crippen LogP contribution in [-0.2, 0) is 4.74 Å². The fourth-order valence-electron chi connectivity index (χ4n) is 3.34. The number of fused-ring (bicyclic) bond motifs is 1. The van der Waals surface area contributed by atoms with Crippen molar-refractivity contribution in [2.24, 2.45) is 0 Å². The van der Waals surface area contributed by atoms with Crippen LogP contribution < -0.4 is 4.90 Å². The fourth-order valence-corrected chi connectivity index (χ4v) is 4.02. The van der Waals surface area contributed by atoms with Crippen molar-refractivity contribution in [2.75, 3.05) is 31.2 Å². The summed E-state index contributed by atoms with van der Waals surface area (Å²) in [6.07, 6.45) is 5.84. The normalized spacial score (nSPS) is 14.8. The average molecular weight is 362 g/mol. The molecule has 0 saturated carbocycles. The zero-order valence-corrected chi connectivity index (χ0v) is 15.0. The van der Waals surface area contributed by atoms with Crippen LogP contribution in [0.3, 0.4) is 0 Å². The van der Waals surface area contributed by atoms with Gasteiger partial charge in [-0.25, -0.2) is 9.97 Å². The van der Waals surface area contributed by atoms with Gasteiger partial charge in [0.05, 0.1) is 41.9 Å². The van der Waals surface area contributed by atoms with Crippen molar-refractivity contribution in [3.8, 4) is 21.8 Å². The quantitative estimate of drug-likeness (QED) is 0.553. The highest BCUT2D eigenvalue weighted by Crippen LogP contribution is 2.28. The minimum absolute atomic E-state index is 0.787. The smallest absolute Gasteiger partial charge is 0.155 e. The van der Waals surface area contributed by atoms with Gasteiger partial charge in [0.25, 0.3) is 0 Å². The third kappa shape index (κ3) is 2.77. The number of morpholine rings is 1. The first kappa shape index (κ1) is 15.5. The van der Waals surface area contributed by atoms with Crippen LogP contribution in [0.15, 0.2) is 60.4 Å². The molecule has 5 nitrogen and oxygen atoms in total. The molecule has 6 heteroatoms. The first-order valence-electron chi connectivity index (χ1n) is 8.68. The summed E-state index contributed by atoms with van der Waals surface area (Å²) in [7, 11) is 0. The highest BCUT2D eigenvalue weighted by Gasteiger charge is 2.14. The Morgan fingerprint density at radius 1 is 1.00 bits per heavy atom. The molecule has 0 spiro atoms. The Balaban J connectivity index is 1.57. The molecule has 1 aliphatic rings. The number of aromatic nitrogens is 3. The van der Waals surface area contributed by atoms with Gasteiger partial charge < -0.3 is 9.64 Å². The van der Waals surface area contributed by atoms with Crippen LogP contribution in [0, 0.1) is 0 Å². The SMILES string of the molecule is c1cc(-c2cnc3cnc(-c4cccs4)cn23)cc(N2CCOCC2)c1. The highest BCUT2D eigenvalue weighted by molar-refractivity contribution is 7.13. The van der Waals surface area contributed by atoms with Crippen molar-refractivity contribution in [1.82, 2.24) is 14.4 Å². The maximum absolute atomic E-state index is 5.47. The molecule has 5 rings (SSSR count). The number of rotatable bonds is 3. The number of benzene rings is 1. The summed E-state index contributed by atoms with van der Waals surface area (Å²) in [6.45, 7) is 3.44. The summed E-state index contributed by atoms with van der Waals surface area (Å²) in [5, 5.41) is 2.07. The van der Waals surface area contributed by atoms with E-state index in [1.807, 2.05) is 18.5 Å². The Morgan fingerprint density at radius 2 is 1.92 bits per heavy atom. The fraction of sp³-hybridized carbons (Fsp3) is 0.200. The molecule has 130 valence electrons. The van der Waals surface area contributed by atoms with Crippen molar-refractivity contribution in [2.45, 2.75) is 0 Å². The summed E-state index contributed by atoms with van der Waals surface area (Å²) < 4.78 is 7.59. The molecule has 0 bridgehead atoms. The summed E-state index contributed by atoms with van der Waals surface area (Å²) in [4.78, 5) is 12.6. The standard InChI is InChI=1S/C20H18N4OS/c1-3-15(11-16(4-1)23-6-8-25-9-7-23)18-12-22-20-13-21-17(14-24(18)20)19-5-2-10-26-19/h1-5,10-14H,6-9H2. The second-order valence-electron chi connectivity index (χ2n) is 6.27. The van der Waals surface area contributed by atoms with Crippen molar-refractivity contribution in [3.05, 3.63) is 60.4 Å². The highest BCUT2D eigenvalue weighted by atomic mass is 32.1. The average Bonchev–Trinajstić information content (AvgIpc) is 3.38. The third-order valence-electron chi connectivity index (χ3n) is 4.69. The van der Waals surface area contributed by atoms with Gasteiger partial charge >= 0.3 is 0 Å². The molecule has 1 saturated heterocycles. The Morgan fingerprint density at radius 3 is 2.77 bits per heavy atom. The monoisotopic (exact) mass is 362 g/mol. The van der Waals surface area contributed by atoms with Gasteiger partial charge in [0, 0.05) is 30.5 Å². The van der Waals surface area contributed by atoms with Gasteiger partial charge in [-0.2, -0.15) is 0 Å². The lowest BCUT2D eigenvalue weighted by Gasteiger charge is -2.29. The second kappa shape index (κ2) is 6.55. The number of anilines is 1. The molecule has 0 unspecified atom stereocenters. The van der Waals surface area contributed by atoms with Crippen LogP contribution >= 0.6 is 11.3 Å². The summed E-state index contributed by atoms with van der Waals surface area (Å²) in [6, 6.07) is 12.8. The maximum Gasteiger partial charge on any atom is 0.155 e. The van der Waals surface area contributed by atoms with Crippen molar-refractivity contribution in [3.63, 3.8) is 0 Å². The topological polar surface area (TPSA) is 42.7 Å². The van der Waals surface area contributed by atoms with Gasteiger partial charge in [0.1, 0.15) is 0 Å². The van der Waals surface area contributed by atoms with E-state index in [2.05, 4.69) is 61.2 Å². The summed E-state index contributed by atoms with van der Waals surface area (Å²) in [5.41, 5.74) is 5.29. The van der Waals surface area contributed by atoms with Crippen LogP contribution in [0.2, 0.25) is 0 Å². The molecule has 0 atom stereocenters. The number of imidazole rings is 1. The predicted octanol–water partition coefficient (Wildman–Crippen LogP) is 3.96. The van der Waals surface area contributed by atoms with E-state index in [1.165, 1.54) is 5.69 Å². The number of nitrogens with zero attached hydrogens (tertiary/aromatic N) is 4. The van der Waals surface area contributed by atoms with Gasteiger partial charge in [-0.05, 0) is 23.6 Å². The van der Waals surface area contributed by atoms with Gasteiger partial charge in [0.15, 0.2) is 5.65 Å². The molecule has 1 aromatic carbocycles. The minimum atomic E-state index is 0.787. The Labute approximate surface area is 155 Å². The van der Waals surface area contributed by atoms with Crippen LogP contribution in [0.25, 0.3) is 27.5 Å². The molecule has 1 aliphatic heterocycles. The molecule has 0 aliphatic carbocycles. The molecular formula is C20H18N4OS. The first-order valence-corrected chi connectivity index (χ1v) is 9.56. The van der Waals surface area contributed by atoms with E-state index >= 15 is 0 Å². The van der Waals surface area contributed by atoms with E-state index in [0.29, 0.717) is 0 Å². The molecule has 4 aromatic rings. The molecule has 0 amide bonds. The largest absolute Gasteiger partial charge is 0.378 e. The van der Waals surface area contributed by atoms with E-state index in [1.54, 1.807) is 11.3 Å². The van der Waals surface area contributed by atoms with Crippen LogP contribution in [-0.4, -0.2) is 40.7 Å². The molecule has 0 N–H and O–H groups in total. The predicted molar refractivity (Wildman–Crippen MR) is 105 cm³/mol. The number of ether oxygens (including phenoxy) is 1. The molecular weight excluding hydrogens is 344 g/mol. The lowest BCUT2D eigenvalue weighted by molar-refractivity contribution is 0.122. The molecule has 1 fully saturated rings. The van der Waals surface area contributed by atoms with Crippen LogP contribution in [0.1, 0.15) is 0 Å². The van der Waals surface area contributed by atoms with Gasteiger partial charge in [-0.1, -0.05) is 18.2 Å². The van der Waals surface area contributed by atoms with E-state index in [-0.39, 0.29) is 0 Å². The number of thiophene rings is 1. The first-order chi connectivity index (χ1) is 12.9. The van der Waals surface area contributed by atoms with E-state index in [9.17, 15) is 0 Å². The Hall–Kier alpha value is -2.70. The van der Waals surface area contributed by atoms with Crippen molar-refractivity contribution < 1.29 is 4.74 Å². The van der Waals surface area contributed by atoms with Crippen LogP contribution in [0.4, 0.5) is 5.69 Å². The molecule has 3 aromatic heterocycles. The van der Waals surface area contributed by atoms with Gasteiger partial charge in [0.2, 0.25) is 0 Å². The zero-order chi connectivity index (χ0) is 17.3.